The molecule has 1 aromatic carbocycles. The molecule has 0 aliphatic carbocycles. The van der Waals surface area contributed by atoms with Crippen LogP contribution in [-0.2, 0) is 6.54 Å². The van der Waals surface area contributed by atoms with Gasteiger partial charge in [0.1, 0.15) is 5.82 Å². The lowest BCUT2D eigenvalue weighted by Gasteiger charge is -2.03. The van der Waals surface area contributed by atoms with Crippen molar-refractivity contribution in [2.45, 2.75) is 13.5 Å². The van der Waals surface area contributed by atoms with Gasteiger partial charge in [0.05, 0.1) is 0 Å². The molecule has 0 atom stereocenters. The summed E-state index contributed by atoms with van der Waals surface area (Å²) in [5.41, 5.74) is 6.90. The van der Waals surface area contributed by atoms with Crippen molar-refractivity contribution in [3.63, 3.8) is 0 Å². The minimum atomic E-state index is -0.197. The minimum absolute atomic E-state index is 0.197. The third kappa shape index (κ3) is 1.90. The van der Waals surface area contributed by atoms with Crippen LogP contribution in [0.25, 0.3) is 0 Å². The number of hydrogen-bond acceptors (Lipinski definition) is 1. The first-order valence-corrected chi connectivity index (χ1v) is 4.37. The van der Waals surface area contributed by atoms with Crippen LogP contribution >= 0.6 is 22.6 Å². The van der Waals surface area contributed by atoms with Crippen molar-refractivity contribution in [1.82, 2.24) is 0 Å². The number of aryl methyl sites for hydroxylation is 1. The van der Waals surface area contributed by atoms with Crippen molar-refractivity contribution in [3.05, 3.63) is 32.6 Å². The summed E-state index contributed by atoms with van der Waals surface area (Å²) in [5, 5.41) is 0. The standard InChI is InChI=1S/C8H9FIN/c1-5-2-7(9)6(4-11)8(10)3-5/h2-3H,4,11H2,1H3. The zero-order valence-electron chi connectivity index (χ0n) is 6.20. The van der Waals surface area contributed by atoms with Gasteiger partial charge in [-0.15, -0.1) is 0 Å². The van der Waals surface area contributed by atoms with Crippen LogP contribution in [0, 0.1) is 16.3 Å². The molecule has 0 bridgehead atoms. The van der Waals surface area contributed by atoms with Gasteiger partial charge in [-0.05, 0) is 47.2 Å². The Balaban J connectivity index is 3.25. The summed E-state index contributed by atoms with van der Waals surface area (Å²) in [5.74, 6) is -0.197. The van der Waals surface area contributed by atoms with Gasteiger partial charge in [-0.1, -0.05) is 0 Å². The molecule has 0 radical (unpaired) electrons. The molecule has 3 heteroatoms. The van der Waals surface area contributed by atoms with E-state index in [0.717, 1.165) is 9.13 Å². The molecule has 0 heterocycles. The molecule has 2 N–H and O–H groups in total. The van der Waals surface area contributed by atoms with E-state index in [9.17, 15) is 4.39 Å². The van der Waals surface area contributed by atoms with Gasteiger partial charge in [0.25, 0.3) is 0 Å². The van der Waals surface area contributed by atoms with Gasteiger partial charge in [-0.2, -0.15) is 0 Å². The molecule has 0 spiro atoms. The van der Waals surface area contributed by atoms with Crippen molar-refractivity contribution in [1.29, 1.82) is 0 Å². The van der Waals surface area contributed by atoms with E-state index in [1.807, 2.05) is 13.0 Å². The number of benzene rings is 1. The highest BCUT2D eigenvalue weighted by molar-refractivity contribution is 14.1. The first-order chi connectivity index (χ1) is 5.15. The monoisotopic (exact) mass is 265 g/mol. The predicted octanol–water partition coefficient (Wildman–Crippen LogP) is 2.20. The van der Waals surface area contributed by atoms with Crippen LogP contribution < -0.4 is 5.73 Å². The van der Waals surface area contributed by atoms with Gasteiger partial charge in [-0.3, -0.25) is 0 Å². The van der Waals surface area contributed by atoms with E-state index in [1.165, 1.54) is 6.07 Å². The maximum Gasteiger partial charge on any atom is 0.129 e. The van der Waals surface area contributed by atoms with E-state index in [2.05, 4.69) is 22.6 Å². The van der Waals surface area contributed by atoms with Crippen LogP contribution in [-0.4, -0.2) is 0 Å². The Kier molecular flexibility index (Phi) is 2.84. The molecule has 0 fully saturated rings. The van der Waals surface area contributed by atoms with Gasteiger partial charge in [0.2, 0.25) is 0 Å². The van der Waals surface area contributed by atoms with E-state index in [1.54, 1.807) is 0 Å². The third-order valence-corrected chi connectivity index (χ3v) is 2.45. The Morgan fingerprint density at radius 3 is 2.64 bits per heavy atom. The Morgan fingerprint density at radius 2 is 2.18 bits per heavy atom. The summed E-state index contributed by atoms with van der Waals surface area (Å²) in [6, 6.07) is 3.43. The minimum Gasteiger partial charge on any atom is -0.326 e. The quantitative estimate of drug-likeness (QED) is 0.774. The lowest BCUT2D eigenvalue weighted by molar-refractivity contribution is 0.607. The Hall–Kier alpha value is -0.160. The fourth-order valence-corrected chi connectivity index (χ4v) is 1.89. The van der Waals surface area contributed by atoms with Gasteiger partial charge in [0, 0.05) is 15.7 Å². The van der Waals surface area contributed by atoms with Crippen LogP contribution in [0.15, 0.2) is 12.1 Å². The summed E-state index contributed by atoms with van der Waals surface area (Å²) < 4.78 is 13.9. The summed E-state index contributed by atoms with van der Waals surface area (Å²) in [6.07, 6.45) is 0. The summed E-state index contributed by atoms with van der Waals surface area (Å²) >= 11 is 2.09. The van der Waals surface area contributed by atoms with Crippen LogP contribution in [0.3, 0.4) is 0 Å². The normalized spacial score (nSPS) is 10.2. The molecule has 0 saturated carbocycles. The second kappa shape index (κ2) is 3.49. The number of rotatable bonds is 1. The topological polar surface area (TPSA) is 26.0 Å². The molecule has 60 valence electrons. The SMILES string of the molecule is Cc1cc(F)c(CN)c(I)c1. The van der Waals surface area contributed by atoms with E-state index in [-0.39, 0.29) is 12.4 Å². The Morgan fingerprint density at radius 1 is 1.55 bits per heavy atom. The first kappa shape index (κ1) is 8.93. The molecule has 1 nitrogen and oxygen atoms in total. The summed E-state index contributed by atoms with van der Waals surface area (Å²) in [4.78, 5) is 0. The predicted molar refractivity (Wildman–Crippen MR) is 51.7 cm³/mol. The second-order valence-electron chi connectivity index (χ2n) is 2.41. The maximum absolute atomic E-state index is 13.0. The molecule has 0 aromatic heterocycles. The molecule has 0 unspecified atom stereocenters. The zero-order chi connectivity index (χ0) is 8.43. The Labute approximate surface area is 78.9 Å². The van der Waals surface area contributed by atoms with Gasteiger partial charge >= 0.3 is 0 Å². The smallest absolute Gasteiger partial charge is 0.129 e. The van der Waals surface area contributed by atoms with Crippen LogP contribution in [0.5, 0.6) is 0 Å². The fraction of sp³-hybridized carbons (Fsp3) is 0.250. The van der Waals surface area contributed by atoms with Crippen LogP contribution in [0.2, 0.25) is 0 Å². The molecule has 0 aliphatic heterocycles. The average Bonchev–Trinajstić information content (AvgIpc) is 1.85. The van der Waals surface area contributed by atoms with Crippen LogP contribution in [0.4, 0.5) is 4.39 Å². The van der Waals surface area contributed by atoms with Crippen LogP contribution in [0.1, 0.15) is 11.1 Å². The summed E-state index contributed by atoms with van der Waals surface area (Å²) in [7, 11) is 0. The van der Waals surface area contributed by atoms with Gasteiger partial charge < -0.3 is 5.73 Å². The highest BCUT2D eigenvalue weighted by Gasteiger charge is 2.04. The fourth-order valence-electron chi connectivity index (χ4n) is 0.925. The molecule has 11 heavy (non-hydrogen) atoms. The molecule has 0 saturated heterocycles. The number of hydrogen-bond donors (Lipinski definition) is 1. The molecule has 0 aliphatic rings. The zero-order valence-corrected chi connectivity index (χ0v) is 8.35. The molecule has 0 amide bonds. The highest BCUT2D eigenvalue weighted by Crippen LogP contribution is 2.17. The average molecular weight is 265 g/mol. The Bertz CT molecular complexity index is 250. The van der Waals surface area contributed by atoms with Crippen molar-refractivity contribution in [2.75, 3.05) is 0 Å². The maximum atomic E-state index is 13.0. The third-order valence-electron chi connectivity index (χ3n) is 1.49. The van der Waals surface area contributed by atoms with Crippen molar-refractivity contribution in [3.8, 4) is 0 Å². The van der Waals surface area contributed by atoms with E-state index >= 15 is 0 Å². The van der Waals surface area contributed by atoms with Gasteiger partial charge in [0.15, 0.2) is 0 Å². The molecular formula is C8H9FIN. The van der Waals surface area contributed by atoms with E-state index in [0.29, 0.717) is 5.56 Å². The van der Waals surface area contributed by atoms with Crippen molar-refractivity contribution in [2.24, 2.45) is 5.73 Å². The first-order valence-electron chi connectivity index (χ1n) is 3.29. The van der Waals surface area contributed by atoms with Crippen molar-refractivity contribution < 1.29 is 4.39 Å². The molecule has 1 aromatic rings. The van der Waals surface area contributed by atoms with E-state index in [4.69, 9.17) is 5.73 Å². The van der Waals surface area contributed by atoms with E-state index < -0.39 is 0 Å². The number of halogens is 2. The lowest BCUT2D eigenvalue weighted by Crippen LogP contribution is -2.02. The number of nitrogens with two attached hydrogens (primary N) is 1. The second-order valence-corrected chi connectivity index (χ2v) is 3.57. The highest BCUT2D eigenvalue weighted by atomic mass is 127. The lowest BCUT2D eigenvalue weighted by atomic mass is 10.1. The largest absolute Gasteiger partial charge is 0.326 e. The molecule has 1 rings (SSSR count). The molecular weight excluding hydrogens is 256 g/mol. The summed E-state index contributed by atoms with van der Waals surface area (Å²) in [6.45, 7) is 2.13. The van der Waals surface area contributed by atoms with Gasteiger partial charge in [-0.25, -0.2) is 4.39 Å². The van der Waals surface area contributed by atoms with Crippen molar-refractivity contribution >= 4 is 22.6 Å².